The van der Waals surface area contributed by atoms with Crippen molar-refractivity contribution in [2.45, 2.75) is 12.0 Å². The number of hydrogen-bond acceptors (Lipinski definition) is 3. The van der Waals surface area contributed by atoms with Crippen molar-refractivity contribution in [1.82, 2.24) is 5.32 Å². The normalized spacial score (nSPS) is 20.7. The van der Waals surface area contributed by atoms with Crippen molar-refractivity contribution in [1.29, 1.82) is 0 Å². The quantitative estimate of drug-likeness (QED) is 0.901. The van der Waals surface area contributed by atoms with E-state index in [0.717, 1.165) is 11.1 Å². The highest BCUT2D eigenvalue weighted by Gasteiger charge is 2.43. The number of aliphatic carboxylic acids is 1. The van der Waals surface area contributed by atoms with Gasteiger partial charge in [-0.25, -0.2) is 4.79 Å². The van der Waals surface area contributed by atoms with Crippen LogP contribution in [0.25, 0.3) is 0 Å². The second kappa shape index (κ2) is 5.40. The zero-order valence-electron chi connectivity index (χ0n) is 11.5. The maximum Gasteiger partial charge on any atom is 0.331 e. The Morgan fingerprint density at radius 1 is 1.10 bits per heavy atom. The molecule has 3 rings (SSSR count). The van der Waals surface area contributed by atoms with E-state index in [1.54, 1.807) is 0 Å². The summed E-state index contributed by atoms with van der Waals surface area (Å²) in [5, 5.41) is 12.8. The van der Waals surface area contributed by atoms with E-state index >= 15 is 0 Å². The summed E-state index contributed by atoms with van der Waals surface area (Å²) in [5.41, 5.74) is 0.831. The van der Waals surface area contributed by atoms with Gasteiger partial charge in [0.2, 0.25) is 0 Å². The molecule has 1 aliphatic heterocycles. The number of benzene rings is 2. The van der Waals surface area contributed by atoms with Crippen LogP contribution in [0.4, 0.5) is 0 Å². The van der Waals surface area contributed by atoms with Gasteiger partial charge in [0, 0.05) is 12.0 Å². The minimum absolute atomic E-state index is 0.238. The molecular weight excluding hydrogens is 264 g/mol. The lowest BCUT2D eigenvalue weighted by Crippen LogP contribution is -2.54. The third-order valence-corrected chi connectivity index (χ3v) is 3.67. The van der Waals surface area contributed by atoms with Gasteiger partial charge >= 0.3 is 5.97 Å². The van der Waals surface area contributed by atoms with E-state index < -0.39 is 11.5 Å². The molecule has 2 N–H and O–H groups in total. The monoisotopic (exact) mass is 280 g/mol. The van der Waals surface area contributed by atoms with Gasteiger partial charge in [0.15, 0.2) is 5.54 Å². The number of nitrogens with one attached hydrogen (secondary N) is 1. The Morgan fingerprint density at radius 3 is 2.33 bits per heavy atom. The van der Waals surface area contributed by atoms with Gasteiger partial charge in [-0.05, 0) is 5.56 Å². The molecule has 0 aliphatic carbocycles. The molecule has 0 fully saturated rings. The summed E-state index contributed by atoms with van der Waals surface area (Å²) in [6, 6.07) is 19.2. The molecule has 0 saturated carbocycles. The van der Waals surface area contributed by atoms with E-state index in [4.69, 9.17) is 0 Å². The molecule has 0 spiro atoms. The van der Waals surface area contributed by atoms with Crippen LogP contribution >= 0.6 is 0 Å². The maximum absolute atomic E-state index is 11.8. The summed E-state index contributed by atoms with van der Waals surface area (Å²) in [7, 11) is 0. The first-order chi connectivity index (χ1) is 10.2. The molecule has 1 aliphatic rings. The van der Waals surface area contributed by atoms with Crippen molar-refractivity contribution in [2.75, 3.05) is 6.54 Å². The fourth-order valence-corrected chi connectivity index (χ4v) is 2.52. The molecule has 21 heavy (non-hydrogen) atoms. The molecule has 0 saturated heterocycles. The molecule has 0 radical (unpaired) electrons. The van der Waals surface area contributed by atoms with Crippen LogP contribution < -0.4 is 5.32 Å². The van der Waals surface area contributed by atoms with Crippen molar-refractivity contribution in [3.63, 3.8) is 0 Å². The van der Waals surface area contributed by atoms with Crippen LogP contribution in [0.15, 0.2) is 65.7 Å². The largest absolute Gasteiger partial charge is 0.479 e. The minimum atomic E-state index is -1.06. The number of aliphatic imine (C=N–C) groups is 1. The van der Waals surface area contributed by atoms with E-state index in [1.807, 2.05) is 60.7 Å². The molecule has 2 aromatic rings. The Kier molecular flexibility index (Phi) is 3.44. The summed E-state index contributed by atoms with van der Waals surface area (Å²) < 4.78 is 0. The average Bonchev–Trinajstić information content (AvgIpc) is 2.95. The summed E-state index contributed by atoms with van der Waals surface area (Å²) >= 11 is 0. The molecule has 4 nitrogen and oxygen atoms in total. The van der Waals surface area contributed by atoms with Gasteiger partial charge in [-0.15, -0.1) is 0 Å². The van der Waals surface area contributed by atoms with E-state index in [2.05, 4.69) is 10.3 Å². The zero-order chi connectivity index (χ0) is 14.7. The molecule has 106 valence electrons. The number of hydrogen-bond donors (Lipinski definition) is 2. The fourth-order valence-electron chi connectivity index (χ4n) is 2.52. The number of rotatable bonds is 4. The predicted molar refractivity (Wildman–Crippen MR) is 81.5 cm³/mol. The van der Waals surface area contributed by atoms with Gasteiger partial charge in [0.1, 0.15) is 5.84 Å². The Morgan fingerprint density at radius 2 is 1.71 bits per heavy atom. The zero-order valence-corrected chi connectivity index (χ0v) is 11.5. The number of amidine groups is 1. The Labute approximate surface area is 123 Å². The number of nitrogens with zero attached hydrogens (tertiary/aromatic N) is 1. The van der Waals surface area contributed by atoms with Gasteiger partial charge in [-0.2, -0.15) is 0 Å². The first-order valence-corrected chi connectivity index (χ1v) is 6.85. The number of carboxylic acids is 1. The van der Waals surface area contributed by atoms with Gasteiger partial charge < -0.3 is 10.4 Å². The Hall–Kier alpha value is -2.62. The van der Waals surface area contributed by atoms with Crippen molar-refractivity contribution < 1.29 is 9.90 Å². The average molecular weight is 280 g/mol. The number of carbonyl (C=O) groups is 1. The smallest absolute Gasteiger partial charge is 0.331 e. The predicted octanol–water partition coefficient (Wildman–Crippen LogP) is 2.10. The molecule has 1 atom stereocenters. The second-order valence-electron chi connectivity index (χ2n) is 5.21. The molecule has 0 amide bonds. The van der Waals surface area contributed by atoms with Crippen LogP contribution in [0.2, 0.25) is 0 Å². The first kappa shape index (κ1) is 13.4. The van der Waals surface area contributed by atoms with E-state index in [-0.39, 0.29) is 6.54 Å². The lowest BCUT2D eigenvalue weighted by Gasteiger charge is -2.25. The third-order valence-electron chi connectivity index (χ3n) is 3.67. The Bertz CT molecular complexity index is 668. The molecule has 0 aromatic heterocycles. The standard InChI is InChI=1S/C17H16N2O2/c20-16(21)17(11-13-7-3-1-4-8-13)12-18-15(19-17)14-9-5-2-6-10-14/h1-10H,11-12H2,(H,18,19)(H,20,21)/t17-/m0/s1. The molecule has 2 aromatic carbocycles. The maximum atomic E-state index is 11.8. The third kappa shape index (κ3) is 2.65. The molecular formula is C17H16N2O2. The van der Waals surface area contributed by atoms with Crippen molar-refractivity contribution >= 4 is 11.8 Å². The lowest BCUT2D eigenvalue weighted by molar-refractivity contribution is -0.143. The highest BCUT2D eigenvalue weighted by atomic mass is 16.4. The van der Waals surface area contributed by atoms with Crippen LogP contribution in [-0.2, 0) is 11.2 Å². The fraction of sp³-hybridized carbons (Fsp3) is 0.176. The summed E-state index contributed by atoms with van der Waals surface area (Å²) in [6.07, 6.45) is 0.406. The van der Waals surface area contributed by atoms with E-state index in [0.29, 0.717) is 12.3 Å². The van der Waals surface area contributed by atoms with Crippen molar-refractivity contribution in [2.24, 2.45) is 4.99 Å². The second-order valence-corrected chi connectivity index (χ2v) is 5.21. The summed E-state index contributed by atoms with van der Waals surface area (Å²) in [5.74, 6) is -0.227. The summed E-state index contributed by atoms with van der Waals surface area (Å²) in [6.45, 7) is 0.238. The highest BCUT2D eigenvalue weighted by Crippen LogP contribution is 2.21. The van der Waals surface area contributed by atoms with Gasteiger partial charge in [-0.3, -0.25) is 4.99 Å². The van der Waals surface area contributed by atoms with Crippen LogP contribution in [0.5, 0.6) is 0 Å². The van der Waals surface area contributed by atoms with E-state index in [1.165, 1.54) is 0 Å². The number of carboxylic acid groups (broad SMARTS) is 1. The van der Waals surface area contributed by atoms with Crippen LogP contribution in [0, 0.1) is 0 Å². The van der Waals surface area contributed by atoms with E-state index in [9.17, 15) is 9.90 Å². The lowest BCUT2D eigenvalue weighted by atomic mass is 9.91. The van der Waals surface area contributed by atoms with Gasteiger partial charge in [0.05, 0.1) is 6.54 Å². The SMILES string of the molecule is O=C(O)[C@]1(Cc2ccccc2)CN=C(c2ccccc2)N1. The minimum Gasteiger partial charge on any atom is -0.479 e. The molecule has 1 heterocycles. The van der Waals surface area contributed by atoms with Crippen molar-refractivity contribution in [3.05, 3.63) is 71.8 Å². The first-order valence-electron chi connectivity index (χ1n) is 6.85. The Balaban J connectivity index is 1.84. The van der Waals surface area contributed by atoms with Gasteiger partial charge in [0.25, 0.3) is 0 Å². The van der Waals surface area contributed by atoms with Crippen LogP contribution in [0.1, 0.15) is 11.1 Å². The van der Waals surface area contributed by atoms with Crippen molar-refractivity contribution in [3.8, 4) is 0 Å². The molecule has 0 bridgehead atoms. The van der Waals surface area contributed by atoms with Crippen LogP contribution in [-0.4, -0.2) is 29.0 Å². The highest BCUT2D eigenvalue weighted by molar-refractivity contribution is 6.04. The summed E-state index contributed by atoms with van der Waals surface area (Å²) in [4.78, 5) is 16.2. The van der Waals surface area contributed by atoms with Gasteiger partial charge in [-0.1, -0.05) is 60.7 Å². The molecule has 4 heteroatoms. The topological polar surface area (TPSA) is 61.7 Å². The van der Waals surface area contributed by atoms with Crippen LogP contribution in [0.3, 0.4) is 0 Å². The molecule has 0 unspecified atom stereocenters.